The van der Waals surface area contributed by atoms with Gasteiger partial charge in [0.05, 0.1) is 24.2 Å². The first-order valence-electron chi connectivity index (χ1n) is 6.83. The molecule has 0 bridgehead atoms. The molecule has 20 heavy (non-hydrogen) atoms. The van der Waals surface area contributed by atoms with Crippen LogP contribution in [-0.4, -0.2) is 19.2 Å². The number of carbonyl (C=O) groups excluding carboxylic acids is 1. The van der Waals surface area contributed by atoms with Crippen LogP contribution in [-0.2, 0) is 9.53 Å². The van der Waals surface area contributed by atoms with Crippen molar-refractivity contribution >= 4 is 23.1 Å². The molecule has 0 aromatic heterocycles. The Morgan fingerprint density at radius 3 is 2.70 bits per heavy atom. The first-order chi connectivity index (χ1) is 9.60. The Bertz CT molecular complexity index is 563. The summed E-state index contributed by atoms with van der Waals surface area (Å²) in [6.07, 6.45) is 3.35. The largest absolute Gasteiger partial charge is 0.489 e. The molecule has 0 N–H and O–H groups in total. The van der Waals surface area contributed by atoms with E-state index in [0.29, 0.717) is 11.1 Å². The number of hydrogen-bond acceptors (Lipinski definition) is 3. The van der Waals surface area contributed by atoms with Gasteiger partial charge in [-0.2, -0.15) is 0 Å². The van der Waals surface area contributed by atoms with Gasteiger partial charge in [-0.3, -0.25) is 4.79 Å². The molecule has 0 aliphatic heterocycles. The van der Waals surface area contributed by atoms with E-state index in [0.717, 1.165) is 36.1 Å². The molecule has 3 rings (SSSR count). The first-order valence-corrected chi connectivity index (χ1v) is 7.21. The van der Waals surface area contributed by atoms with Crippen molar-refractivity contribution in [3.8, 4) is 5.75 Å². The second-order valence-corrected chi connectivity index (χ2v) is 5.87. The van der Waals surface area contributed by atoms with Crippen LogP contribution in [0.5, 0.6) is 5.75 Å². The van der Waals surface area contributed by atoms with Crippen LogP contribution in [0.3, 0.4) is 0 Å². The Morgan fingerprint density at radius 1 is 1.35 bits per heavy atom. The molecule has 2 atom stereocenters. The Labute approximate surface area is 123 Å². The van der Waals surface area contributed by atoms with Crippen LogP contribution in [0, 0.1) is 11.8 Å². The molecule has 2 aliphatic carbocycles. The van der Waals surface area contributed by atoms with Crippen LogP contribution in [0.4, 0.5) is 0 Å². The molecule has 0 saturated heterocycles. The fourth-order valence-electron chi connectivity index (χ4n) is 2.37. The van der Waals surface area contributed by atoms with Crippen LogP contribution >= 0.6 is 11.6 Å². The van der Waals surface area contributed by atoms with Crippen molar-refractivity contribution in [3.63, 3.8) is 0 Å². The lowest BCUT2D eigenvalue weighted by Gasteiger charge is -2.10. The second kappa shape index (κ2) is 5.13. The summed E-state index contributed by atoms with van der Waals surface area (Å²) in [4.78, 5) is 11.5. The molecule has 106 valence electrons. The van der Waals surface area contributed by atoms with Crippen LogP contribution in [0.2, 0.25) is 5.02 Å². The van der Waals surface area contributed by atoms with Gasteiger partial charge in [-0.05, 0) is 48.4 Å². The number of carbonyl (C=O) groups is 1. The van der Waals surface area contributed by atoms with Crippen molar-refractivity contribution in [1.82, 2.24) is 0 Å². The fraction of sp³-hybridized carbons (Fsp3) is 0.438. The maximum Gasteiger partial charge on any atom is 0.309 e. The van der Waals surface area contributed by atoms with Gasteiger partial charge in [-0.25, -0.2) is 0 Å². The predicted molar refractivity (Wildman–Crippen MR) is 77.7 cm³/mol. The Hall–Kier alpha value is -1.48. The quantitative estimate of drug-likeness (QED) is 0.776. The summed E-state index contributed by atoms with van der Waals surface area (Å²) >= 11 is 6.24. The molecule has 2 unspecified atom stereocenters. The molecule has 0 amide bonds. The Morgan fingerprint density at radius 2 is 2.10 bits per heavy atom. The van der Waals surface area contributed by atoms with Gasteiger partial charge in [0.1, 0.15) is 5.75 Å². The molecule has 4 heteroatoms. The topological polar surface area (TPSA) is 35.5 Å². The van der Waals surface area contributed by atoms with Crippen molar-refractivity contribution in [2.24, 2.45) is 11.8 Å². The van der Waals surface area contributed by atoms with E-state index in [1.807, 2.05) is 18.2 Å². The Balaban J connectivity index is 1.69. The number of halogens is 1. The van der Waals surface area contributed by atoms with E-state index < -0.39 is 0 Å². The van der Waals surface area contributed by atoms with Crippen molar-refractivity contribution in [1.29, 1.82) is 0 Å². The zero-order valence-corrected chi connectivity index (χ0v) is 12.2. The van der Waals surface area contributed by atoms with Gasteiger partial charge in [-0.1, -0.05) is 24.2 Å². The third-order valence-electron chi connectivity index (χ3n) is 3.86. The summed E-state index contributed by atoms with van der Waals surface area (Å²) in [5.41, 5.74) is 1.91. The van der Waals surface area contributed by atoms with Crippen LogP contribution in [0.25, 0.3) is 5.57 Å². The molecule has 2 aliphatic rings. The lowest BCUT2D eigenvalue weighted by molar-refractivity contribution is -0.142. The fourth-order valence-corrected chi connectivity index (χ4v) is 2.59. The van der Waals surface area contributed by atoms with E-state index >= 15 is 0 Å². The molecule has 0 radical (unpaired) electrons. The minimum atomic E-state index is -0.157. The maximum atomic E-state index is 11.5. The molecule has 1 aromatic rings. The van der Waals surface area contributed by atoms with Gasteiger partial charge in [0.2, 0.25) is 0 Å². The number of ether oxygens (including phenoxy) is 2. The number of benzene rings is 1. The summed E-state index contributed by atoms with van der Waals surface area (Å²) in [5.74, 6) is 0.698. The smallest absolute Gasteiger partial charge is 0.309 e. The molecule has 2 saturated carbocycles. The monoisotopic (exact) mass is 292 g/mol. The lowest BCUT2D eigenvalue weighted by atomic mass is 10.0. The van der Waals surface area contributed by atoms with Gasteiger partial charge in [0.15, 0.2) is 0 Å². The number of methoxy groups -OCH3 is 1. The van der Waals surface area contributed by atoms with Crippen molar-refractivity contribution in [2.45, 2.75) is 25.4 Å². The van der Waals surface area contributed by atoms with E-state index in [4.69, 9.17) is 21.1 Å². The zero-order chi connectivity index (χ0) is 14.3. The Kier molecular flexibility index (Phi) is 3.47. The minimum absolute atomic E-state index is 0.0475. The van der Waals surface area contributed by atoms with Gasteiger partial charge in [0, 0.05) is 0 Å². The lowest BCUT2D eigenvalue weighted by Crippen LogP contribution is -2.05. The summed E-state index contributed by atoms with van der Waals surface area (Å²) in [5, 5.41) is 0.603. The van der Waals surface area contributed by atoms with Gasteiger partial charge in [0.25, 0.3) is 0 Å². The highest BCUT2D eigenvalue weighted by atomic mass is 35.5. The summed E-state index contributed by atoms with van der Waals surface area (Å²) < 4.78 is 10.5. The van der Waals surface area contributed by atoms with E-state index in [-0.39, 0.29) is 17.8 Å². The molecule has 1 aromatic carbocycles. The first kappa shape index (κ1) is 13.5. The van der Waals surface area contributed by atoms with E-state index in [9.17, 15) is 4.79 Å². The van der Waals surface area contributed by atoms with Crippen LogP contribution in [0.1, 0.15) is 24.8 Å². The SMILES string of the molecule is C=C(c1ccc(OC2CC2)c(Cl)c1)C1CC1C(=O)OC. The highest BCUT2D eigenvalue weighted by Crippen LogP contribution is 2.48. The molecule has 0 spiro atoms. The van der Waals surface area contributed by atoms with E-state index in [1.54, 1.807) is 0 Å². The third kappa shape index (κ3) is 2.68. The molecular formula is C16H17ClO3. The second-order valence-electron chi connectivity index (χ2n) is 5.46. The van der Waals surface area contributed by atoms with Crippen molar-refractivity contribution in [3.05, 3.63) is 35.4 Å². The maximum absolute atomic E-state index is 11.5. The zero-order valence-electron chi connectivity index (χ0n) is 11.4. The number of hydrogen-bond donors (Lipinski definition) is 0. The number of rotatable bonds is 5. The molecule has 2 fully saturated rings. The molecular weight excluding hydrogens is 276 g/mol. The normalized spacial score (nSPS) is 24.1. The minimum Gasteiger partial charge on any atom is -0.489 e. The number of allylic oxidation sites excluding steroid dienone is 1. The third-order valence-corrected chi connectivity index (χ3v) is 4.16. The average molecular weight is 293 g/mol. The standard InChI is InChI=1S/C16H17ClO3/c1-9(12-8-13(12)16(18)19-2)10-3-6-15(14(17)7-10)20-11-4-5-11/h3,6-7,11-13H,1,4-5,8H2,2H3. The van der Waals surface area contributed by atoms with E-state index in [1.165, 1.54) is 7.11 Å². The number of esters is 1. The van der Waals surface area contributed by atoms with Crippen LogP contribution < -0.4 is 4.74 Å². The van der Waals surface area contributed by atoms with E-state index in [2.05, 4.69) is 6.58 Å². The highest BCUT2D eigenvalue weighted by molar-refractivity contribution is 6.32. The van der Waals surface area contributed by atoms with Crippen molar-refractivity contribution < 1.29 is 14.3 Å². The van der Waals surface area contributed by atoms with Crippen LogP contribution in [0.15, 0.2) is 24.8 Å². The van der Waals surface area contributed by atoms with Crippen molar-refractivity contribution in [2.75, 3.05) is 7.11 Å². The highest BCUT2D eigenvalue weighted by Gasteiger charge is 2.45. The summed E-state index contributed by atoms with van der Waals surface area (Å²) in [6.45, 7) is 4.09. The molecule has 0 heterocycles. The average Bonchev–Trinajstić information content (AvgIpc) is 3.33. The predicted octanol–water partition coefficient (Wildman–Crippen LogP) is 3.70. The van der Waals surface area contributed by atoms with Gasteiger partial charge >= 0.3 is 5.97 Å². The molecule has 3 nitrogen and oxygen atoms in total. The summed E-state index contributed by atoms with van der Waals surface area (Å²) in [6, 6.07) is 5.71. The van der Waals surface area contributed by atoms with Gasteiger partial charge in [-0.15, -0.1) is 0 Å². The van der Waals surface area contributed by atoms with Gasteiger partial charge < -0.3 is 9.47 Å². The summed E-state index contributed by atoms with van der Waals surface area (Å²) in [7, 11) is 1.42.